The SMILES string of the molecule is CCCCCC(O)CCC(O)CC(CCCOC1CCCCO1)OC1CCCCO1. The first-order chi connectivity index (χ1) is 14.7. The zero-order valence-electron chi connectivity index (χ0n) is 19.1. The lowest BCUT2D eigenvalue weighted by atomic mass is 9.99. The molecule has 6 nitrogen and oxygen atoms in total. The fraction of sp³-hybridized carbons (Fsp3) is 1.00. The summed E-state index contributed by atoms with van der Waals surface area (Å²) in [6, 6.07) is 0. The molecule has 0 spiro atoms. The molecule has 0 bridgehead atoms. The molecular formula is C24H46O6. The van der Waals surface area contributed by atoms with Gasteiger partial charge in [0.05, 0.1) is 18.3 Å². The Morgan fingerprint density at radius 2 is 1.50 bits per heavy atom. The van der Waals surface area contributed by atoms with Crippen LogP contribution >= 0.6 is 0 Å². The molecule has 0 aliphatic carbocycles. The lowest BCUT2D eigenvalue weighted by Crippen LogP contribution is -2.31. The predicted molar refractivity (Wildman–Crippen MR) is 117 cm³/mol. The van der Waals surface area contributed by atoms with E-state index in [1.807, 2.05) is 0 Å². The molecule has 2 rings (SSSR count). The van der Waals surface area contributed by atoms with Gasteiger partial charge in [-0.05, 0) is 77.0 Å². The molecule has 2 aliphatic rings. The third-order valence-electron chi connectivity index (χ3n) is 6.10. The first kappa shape index (κ1) is 26.0. The predicted octanol–water partition coefficient (Wildman–Crippen LogP) is 4.69. The smallest absolute Gasteiger partial charge is 0.157 e. The minimum atomic E-state index is -0.456. The van der Waals surface area contributed by atoms with Crippen molar-refractivity contribution < 1.29 is 29.2 Å². The van der Waals surface area contributed by atoms with E-state index in [0.29, 0.717) is 25.9 Å². The van der Waals surface area contributed by atoms with Gasteiger partial charge in [0.15, 0.2) is 12.6 Å². The van der Waals surface area contributed by atoms with E-state index in [0.717, 1.165) is 83.8 Å². The first-order valence-electron chi connectivity index (χ1n) is 12.5. The van der Waals surface area contributed by atoms with E-state index in [2.05, 4.69) is 6.92 Å². The third kappa shape index (κ3) is 12.0. The van der Waals surface area contributed by atoms with Crippen LogP contribution in [-0.4, -0.2) is 60.9 Å². The summed E-state index contributed by atoms with van der Waals surface area (Å²) < 4.78 is 23.4. The quantitative estimate of drug-likeness (QED) is 0.346. The van der Waals surface area contributed by atoms with Gasteiger partial charge in [-0.3, -0.25) is 0 Å². The van der Waals surface area contributed by atoms with Gasteiger partial charge in [-0.25, -0.2) is 0 Å². The second-order valence-corrected chi connectivity index (χ2v) is 8.98. The van der Waals surface area contributed by atoms with Crippen LogP contribution in [0.2, 0.25) is 0 Å². The van der Waals surface area contributed by atoms with Crippen LogP contribution in [-0.2, 0) is 18.9 Å². The van der Waals surface area contributed by atoms with Gasteiger partial charge in [0.25, 0.3) is 0 Å². The average Bonchev–Trinajstić information content (AvgIpc) is 2.77. The molecule has 2 aliphatic heterocycles. The van der Waals surface area contributed by atoms with Crippen molar-refractivity contribution in [3.8, 4) is 0 Å². The summed E-state index contributed by atoms with van der Waals surface area (Å²) >= 11 is 0. The number of unbranched alkanes of at least 4 members (excludes halogenated alkanes) is 2. The number of rotatable bonds is 16. The van der Waals surface area contributed by atoms with Crippen LogP contribution < -0.4 is 0 Å². The molecule has 30 heavy (non-hydrogen) atoms. The van der Waals surface area contributed by atoms with Crippen LogP contribution in [0.25, 0.3) is 0 Å². The van der Waals surface area contributed by atoms with E-state index in [1.54, 1.807) is 0 Å². The molecule has 0 radical (unpaired) electrons. The number of aliphatic hydroxyl groups is 2. The molecule has 5 unspecified atom stereocenters. The molecular weight excluding hydrogens is 384 g/mol. The molecule has 2 heterocycles. The number of hydrogen-bond donors (Lipinski definition) is 2. The van der Waals surface area contributed by atoms with E-state index in [9.17, 15) is 10.2 Å². The molecule has 0 aromatic rings. The summed E-state index contributed by atoms with van der Waals surface area (Å²) in [7, 11) is 0. The van der Waals surface area contributed by atoms with Crippen LogP contribution in [0.4, 0.5) is 0 Å². The van der Waals surface area contributed by atoms with Crippen molar-refractivity contribution in [2.24, 2.45) is 0 Å². The lowest BCUT2D eigenvalue weighted by molar-refractivity contribution is -0.197. The molecule has 5 atom stereocenters. The minimum absolute atomic E-state index is 0.0452. The summed E-state index contributed by atoms with van der Waals surface area (Å²) in [4.78, 5) is 0. The second kappa shape index (κ2) is 16.4. The van der Waals surface area contributed by atoms with Crippen LogP contribution in [0, 0.1) is 0 Å². The summed E-state index contributed by atoms with van der Waals surface area (Å²) in [6.45, 7) is 4.37. The van der Waals surface area contributed by atoms with Crippen LogP contribution in [0.1, 0.15) is 103 Å². The molecule has 6 heteroatoms. The maximum Gasteiger partial charge on any atom is 0.157 e. The van der Waals surface area contributed by atoms with Gasteiger partial charge in [-0.15, -0.1) is 0 Å². The van der Waals surface area contributed by atoms with Crippen LogP contribution in [0.3, 0.4) is 0 Å². The van der Waals surface area contributed by atoms with E-state index in [-0.39, 0.29) is 24.8 Å². The monoisotopic (exact) mass is 430 g/mol. The zero-order chi connectivity index (χ0) is 21.4. The van der Waals surface area contributed by atoms with Gasteiger partial charge < -0.3 is 29.2 Å². The lowest BCUT2D eigenvalue weighted by Gasteiger charge is -2.29. The van der Waals surface area contributed by atoms with Crippen molar-refractivity contribution >= 4 is 0 Å². The Balaban J connectivity index is 1.68. The van der Waals surface area contributed by atoms with Crippen molar-refractivity contribution in [1.82, 2.24) is 0 Å². The number of hydrogen-bond acceptors (Lipinski definition) is 6. The van der Waals surface area contributed by atoms with Crippen molar-refractivity contribution in [3.63, 3.8) is 0 Å². The summed E-state index contributed by atoms with van der Waals surface area (Å²) in [5.41, 5.74) is 0. The highest BCUT2D eigenvalue weighted by atomic mass is 16.7. The van der Waals surface area contributed by atoms with Gasteiger partial charge >= 0.3 is 0 Å². The zero-order valence-corrected chi connectivity index (χ0v) is 19.1. The number of aliphatic hydroxyl groups excluding tert-OH is 2. The average molecular weight is 431 g/mol. The van der Waals surface area contributed by atoms with Gasteiger partial charge in [0.1, 0.15) is 0 Å². The highest BCUT2D eigenvalue weighted by Crippen LogP contribution is 2.22. The maximum atomic E-state index is 10.5. The fourth-order valence-corrected chi connectivity index (χ4v) is 4.22. The normalized spacial score (nSPS) is 25.7. The molecule has 2 saturated heterocycles. The second-order valence-electron chi connectivity index (χ2n) is 8.98. The highest BCUT2D eigenvalue weighted by molar-refractivity contribution is 4.70. The molecule has 178 valence electrons. The standard InChI is InChI=1S/C24H46O6/c1-2-3-4-10-20(25)14-15-21(26)19-22(30-24-13-6-8-17-29-24)11-9-18-28-23-12-5-7-16-27-23/h20-26H,2-19H2,1H3. The number of ether oxygens (including phenoxy) is 4. The molecule has 0 amide bonds. The molecule has 0 aromatic carbocycles. The van der Waals surface area contributed by atoms with E-state index in [1.165, 1.54) is 6.42 Å². The highest BCUT2D eigenvalue weighted by Gasteiger charge is 2.23. The molecule has 0 saturated carbocycles. The van der Waals surface area contributed by atoms with E-state index < -0.39 is 6.10 Å². The Labute approximate surface area is 183 Å². The Morgan fingerprint density at radius 3 is 2.17 bits per heavy atom. The summed E-state index contributed by atoms with van der Waals surface area (Å²) in [5, 5.41) is 20.7. The molecule has 2 fully saturated rings. The topological polar surface area (TPSA) is 77.4 Å². The fourth-order valence-electron chi connectivity index (χ4n) is 4.22. The Morgan fingerprint density at radius 1 is 0.800 bits per heavy atom. The minimum Gasteiger partial charge on any atom is -0.393 e. The van der Waals surface area contributed by atoms with Gasteiger partial charge in [0, 0.05) is 19.8 Å². The van der Waals surface area contributed by atoms with Gasteiger partial charge in [0.2, 0.25) is 0 Å². The Hall–Kier alpha value is -0.240. The van der Waals surface area contributed by atoms with Gasteiger partial charge in [-0.1, -0.05) is 26.2 Å². The van der Waals surface area contributed by atoms with Crippen LogP contribution in [0.15, 0.2) is 0 Å². The van der Waals surface area contributed by atoms with E-state index >= 15 is 0 Å². The molecule has 0 aromatic heterocycles. The maximum absolute atomic E-state index is 10.5. The van der Waals surface area contributed by atoms with Crippen molar-refractivity contribution in [2.75, 3.05) is 19.8 Å². The third-order valence-corrected chi connectivity index (χ3v) is 6.10. The van der Waals surface area contributed by atoms with Crippen LogP contribution in [0.5, 0.6) is 0 Å². The Bertz CT molecular complexity index is 395. The van der Waals surface area contributed by atoms with E-state index in [4.69, 9.17) is 18.9 Å². The Kier molecular flexibility index (Phi) is 14.2. The van der Waals surface area contributed by atoms with Crippen molar-refractivity contribution in [2.45, 2.75) is 134 Å². The van der Waals surface area contributed by atoms with Crippen molar-refractivity contribution in [3.05, 3.63) is 0 Å². The summed E-state index contributed by atoms with van der Waals surface area (Å²) in [5.74, 6) is 0. The summed E-state index contributed by atoms with van der Waals surface area (Å²) in [6.07, 6.45) is 13.2. The first-order valence-corrected chi connectivity index (χ1v) is 12.5. The molecule has 2 N–H and O–H groups in total. The largest absolute Gasteiger partial charge is 0.393 e. The van der Waals surface area contributed by atoms with Gasteiger partial charge in [-0.2, -0.15) is 0 Å². The van der Waals surface area contributed by atoms with Crippen molar-refractivity contribution in [1.29, 1.82) is 0 Å².